The van der Waals surface area contributed by atoms with Gasteiger partial charge in [0.1, 0.15) is 5.41 Å². The Hall–Kier alpha value is -1.92. The molecule has 1 aromatic rings. The van der Waals surface area contributed by atoms with Gasteiger partial charge in [-0.25, -0.2) is 0 Å². The van der Waals surface area contributed by atoms with Crippen molar-refractivity contribution in [1.82, 2.24) is 9.80 Å². The lowest BCUT2D eigenvalue weighted by Crippen LogP contribution is -2.52. The van der Waals surface area contributed by atoms with Crippen molar-refractivity contribution < 1.29 is 19.4 Å². The van der Waals surface area contributed by atoms with Crippen LogP contribution in [0.5, 0.6) is 0 Å². The largest absolute Gasteiger partial charge is 0.481 e. The number of carbonyl (C=O) groups excluding carboxylic acids is 1. The molecule has 3 fully saturated rings. The average Bonchev–Trinajstić information content (AvgIpc) is 3.21. The first kappa shape index (κ1) is 17.5. The molecule has 140 valence electrons. The average molecular weight is 358 g/mol. The highest BCUT2D eigenvalue weighted by atomic mass is 16.5. The second-order valence-corrected chi connectivity index (χ2v) is 8.11. The van der Waals surface area contributed by atoms with Gasteiger partial charge < -0.3 is 19.6 Å². The molecule has 2 atom stereocenters. The fourth-order valence-corrected chi connectivity index (χ4v) is 4.88. The first-order chi connectivity index (χ1) is 12.5. The van der Waals surface area contributed by atoms with E-state index in [0.29, 0.717) is 13.2 Å². The Morgan fingerprint density at radius 2 is 1.88 bits per heavy atom. The van der Waals surface area contributed by atoms with Crippen LogP contribution >= 0.6 is 0 Å². The standard InChI is InChI=1S/C20H26N2O4/c1-21-9-7-19(8-10-21,15-5-3-2-4-6-15)17(23)22-11-16-12-26-14-20(16,13-22)18(24)25/h2-6,16H,7-14H2,1H3,(H,24,25)/t16-,20-/m1/s1. The second kappa shape index (κ2) is 6.35. The summed E-state index contributed by atoms with van der Waals surface area (Å²) in [5.41, 5.74) is -0.429. The summed E-state index contributed by atoms with van der Waals surface area (Å²) in [6.45, 7) is 3.11. The maximum atomic E-state index is 13.7. The molecular weight excluding hydrogens is 332 g/mol. The van der Waals surface area contributed by atoms with Crippen molar-refractivity contribution >= 4 is 11.9 Å². The fraction of sp³-hybridized carbons (Fsp3) is 0.600. The monoisotopic (exact) mass is 358 g/mol. The minimum Gasteiger partial charge on any atom is -0.481 e. The van der Waals surface area contributed by atoms with Gasteiger partial charge in [-0.3, -0.25) is 9.59 Å². The topological polar surface area (TPSA) is 70.1 Å². The van der Waals surface area contributed by atoms with Crippen LogP contribution in [0.25, 0.3) is 0 Å². The molecule has 3 aliphatic rings. The van der Waals surface area contributed by atoms with Gasteiger partial charge in [-0.1, -0.05) is 30.3 Å². The Labute approximate surface area is 153 Å². The van der Waals surface area contributed by atoms with Crippen LogP contribution in [-0.2, 0) is 19.7 Å². The summed E-state index contributed by atoms with van der Waals surface area (Å²) in [6.07, 6.45) is 1.54. The summed E-state index contributed by atoms with van der Waals surface area (Å²) in [6, 6.07) is 10.0. The molecule has 0 aromatic heterocycles. The number of nitrogens with zero attached hydrogens (tertiary/aromatic N) is 2. The lowest BCUT2D eigenvalue weighted by Gasteiger charge is -2.42. The van der Waals surface area contributed by atoms with Gasteiger partial charge in [0.05, 0.1) is 18.6 Å². The van der Waals surface area contributed by atoms with Crippen LogP contribution in [-0.4, -0.2) is 73.2 Å². The third-order valence-corrected chi connectivity index (χ3v) is 6.66. The highest BCUT2D eigenvalue weighted by Gasteiger charge is 2.59. The highest BCUT2D eigenvalue weighted by Crippen LogP contribution is 2.45. The molecule has 3 aliphatic heterocycles. The molecule has 3 heterocycles. The van der Waals surface area contributed by atoms with Gasteiger partial charge in [-0.15, -0.1) is 0 Å². The van der Waals surface area contributed by atoms with Gasteiger partial charge in [0.25, 0.3) is 0 Å². The number of fused-ring (bicyclic) bond motifs is 1. The number of hydrogen-bond donors (Lipinski definition) is 1. The number of carbonyl (C=O) groups is 2. The van der Waals surface area contributed by atoms with Crippen molar-refractivity contribution in [3.63, 3.8) is 0 Å². The first-order valence-corrected chi connectivity index (χ1v) is 9.33. The third kappa shape index (κ3) is 2.55. The summed E-state index contributed by atoms with van der Waals surface area (Å²) in [4.78, 5) is 29.7. The number of ether oxygens (including phenoxy) is 1. The van der Waals surface area contributed by atoms with Crippen LogP contribution in [0.15, 0.2) is 30.3 Å². The molecule has 1 N–H and O–H groups in total. The summed E-state index contributed by atoms with van der Waals surface area (Å²) in [5, 5.41) is 9.78. The van der Waals surface area contributed by atoms with Gasteiger partial charge in [0, 0.05) is 19.0 Å². The van der Waals surface area contributed by atoms with Crippen molar-refractivity contribution in [3.05, 3.63) is 35.9 Å². The summed E-state index contributed by atoms with van der Waals surface area (Å²) in [7, 11) is 2.08. The van der Waals surface area contributed by atoms with Crippen LogP contribution in [0.2, 0.25) is 0 Å². The Balaban J connectivity index is 1.65. The molecule has 1 aromatic carbocycles. The molecule has 1 amide bonds. The SMILES string of the molecule is CN1CCC(C(=O)N2C[C@@H]3COC[C@]3(C(=O)O)C2)(c2ccccc2)CC1. The Morgan fingerprint density at radius 1 is 1.19 bits per heavy atom. The number of piperidine rings is 1. The number of rotatable bonds is 3. The fourth-order valence-electron chi connectivity index (χ4n) is 4.88. The van der Waals surface area contributed by atoms with E-state index in [4.69, 9.17) is 4.74 Å². The minimum absolute atomic E-state index is 0.0897. The van der Waals surface area contributed by atoms with Crippen LogP contribution in [0.1, 0.15) is 18.4 Å². The summed E-state index contributed by atoms with van der Waals surface area (Å²) >= 11 is 0. The maximum absolute atomic E-state index is 13.7. The molecule has 0 aliphatic carbocycles. The first-order valence-electron chi connectivity index (χ1n) is 9.33. The number of benzene rings is 1. The maximum Gasteiger partial charge on any atom is 0.314 e. The molecule has 0 saturated carbocycles. The Kier molecular flexibility index (Phi) is 4.28. The number of hydrogen-bond acceptors (Lipinski definition) is 4. The lowest BCUT2D eigenvalue weighted by molar-refractivity contribution is -0.150. The van der Waals surface area contributed by atoms with Gasteiger partial charge in [-0.2, -0.15) is 0 Å². The minimum atomic E-state index is -0.932. The van der Waals surface area contributed by atoms with Crippen LogP contribution in [0, 0.1) is 11.3 Å². The van der Waals surface area contributed by atoms with E-state index in [0.717, 1.165) is 31.5 Å². The zero-order valence-corrected chi connectivity index (χ0v) is 15.2. The van der Waals surface area contributed by atoms with Crippen molar-refractivity contribution in [3.8, 4) is 0 Å². The molecule has 6 heteroatoms. The number of likely N-dealkylation sites (tertiary alicyclic amines) is 2. The van der Waals surface area contributed by atoms with E-state index in [-0.39, 0.29) is 25.0 Å². The lowest BCUT2D eigenvalue weighted by atomic mass is 9.71. The molecular formula is C20H26N2O4. The van der Waals surface area contributed by atoms with E-state index in [2.05, 4.69) is 11.9 Å². The Morgan fingerprint density at radius 3 is 2.50 bits per heavy atom. The van der Waals surface area contributed by atoms with Gasteiger partial charge >= 0.3 is 5.97 Å². The molecule has 6 nitrogen and oxygen atoms in total. The van der Waals surface area contributed by atoms with Gasteiger partial charge in [0.15, 0.2) is 0 Å². The smallest absolute Gasteiger partial charge is 0.314 e. The molecule has 0 unspecified atom stereocenters. The highest BCUT2D eigenvalue weighted by molar-refractivity contribution is 5.90. The van der Waals surface area contributed by atoms with Gasteiger partial charge in [0.2, 0.25) is 5.91 Å². The van der Waals surface area contributed by atoms with Crippen molar-refractivity contribution in [2.75, 3.05) is 46.4 Å². The quantitative estimate of drug-likeness (QED) is 0.880. The van der Waals surface area contributed by atoms with Crippen molar-refractivity contribution in [1.29, 1.82) is 0 Å². The zero-order valence-electron chi connectivity index (χ0n) is 15.2. The Bertz CT molecular complexity index is 699. The van der Waals surface area contributed by atoms with E-state index in [1.165, 1.54) is 0 Å². The number of carboxylic acid groups (broad SMARTS) is 1. The van der Waals surface area contributed by atoms with Crippen LogP contribution in [0.3, 0.4) is 0 Å². The van der Waals surface area contributed by atoms with Gasteiger partial charge in [-0.05, 0) is 38.5 Å². The van der Waals surface area contributed by atoms with Crippen molar-refractivity contribution in [2.45, 2.75) is 18.3 Å². The number of aliphatic carboxylic acids is 1. The molecule has 0 bridgehead atoms. The molecule has 0 spiro atoms. The normalized spacial score (nSPS) is 31.0. The molecule has 0 radical (unpaired) electrons. The van der Waals surface area contributed by atoms with E-state index in [1.807, 2.05) is 30.3 Å². The number of carboxylic acids is 1. The van der Waals surface area contributed by atoms with E-state index in [1.54, 1.807) is 4.90 Å². The van der Waals surface area contributed by atoms with Crippen molar-refractivity contribution in [2.24, 2.45) is 11.3 Å². The van der Waals surface area contributed by atoms with Crippen LogP contribution < -0.4 is 0 Å². The third-order valence-electron chi connectivity index (χ3n) is 6.66. The second-order valence-electron chi connectivity index (χ2n) is 8.11. The van der Waals surface area contributed by atoms with Crippen LogP contribution in [0.4, 0.5) is 0 Å². The van der Waals surface area contributed by atoms with E-state index in [9.17, 15) is 14.7 Å². The van der Waals surface area contributed by atoms with E-state index < -0.39 is 16.8 Å². The predicted octanol–water partition coefficient (Wildman–Crippen LogP) is 1.21. The van der Waals surface area contributed by atoms with E-state index >= 15 is 0 Å². The molecule has 4 rings (SSSR count). The molecule has 3 saturated heterocycles. The summed E-state index contributed by atoms with van der Waals surface area (Å²) in [5.74, 6) is -0.859. The predicted molar refractivity (Wildman–Crippen MR) is 95.8 cm³/mol. The summed E-state index contributed by atoms with van der Waals surface area (Å²) < 4.78 is 5.45. The molecule has 26 heavy (non-hydrogen) atoms. The zero-order chi connectivity index (χ0) is 18.4. The number of amides is 1.